The summed E-state index contributed by atoms with van der Waals surface area (Å²) in [6.45, 7) is 3.58. The Bertz CT molecular complexity index is 585. The zero-order chi connectivity index (χ0) is 18.0. The smallest absolute Gasteiger partial charge is 0.338 e. The molecule has 0 saturated carbocycles. The first-order valence-electron chi connectivity index (χ1n) is 8.20. The number of ether oxygens (including phenoxy) is 1. The molecule has 0 aromatic carbocycles. The van der Waals surface area contributed by atoms with E-state index in [9.17, 15) is 23.1 Å². The summed E-state index contributed by atoms with van der Waals surface area (Å²) in [5, 5.41) is 10.4. The fourth-order valence-electron chi connectivity index (χ4n) is 3.08. The summed E-state index contributed by atoms with van der Waals surface area (Å²) >= 11 is 1.67. The number of thioether (sulfide) groups is 1. The SMILES string of the molecule is CCN(C(=O)[C@@H](C)OC(=O)C1(O)CCSCC1)[C@H]1CCS(=O)(=O)C1. The second-order valence-electron chi connectivity index (χ2n) is 6.37. The van der Waals surface area contributed by atoms with Gasteiger partial charge in [-0.25, -0.2) is 13.2 Å². The molecule has 24 heavy (non-hydrogen) atoms. The average molecular weight is 380 g/mol. The molecule has 7 nitrogen and oxygen atoms in total. The van der Waals surface area contributed by atoms with Crippen molar-refractivity contribution in [3.05, 3.63) is 0 Å². The van der Waals surface area contributed by atoms with E-state index in [0.29, 0.717) is 37.3 Å². The summed E-state index contributed by atoms with van der Waals surface area (Å²) in [6.07, 6.45) is -0.00527. The highest BCUT2D eigenvalue weighted by molar-refractivity contribution is 7.99. The van der Waals surface area contributed by atoms with Crippen LogP contribution in [0.4, 0.5) is 0 Å². The van der Waals surface area contributed by atoms with Crippen LogP contribution in [0.5, 0.6) is 0 Å². The summed E-state index contributed by atoms with van der Waals surface area (Å²) in [5.74, 6) is 0.200. The maximum absolute atomic E-state index is 12.6. The Kier molecular flexibility index (Phi) is 6.19. The van der Waals surface area contributed by atoms with Gasteiger partial charge in [-0.3, -0.25) is 4.79 Å². The molecule has 2 rings (SSSR count). The summed E-state index contributed by atoms with van der Waals surface area (Å²) in [6, 6.07) is -0.372. The third kappa shape index (κ3) is 4.43. The van der Waals surface area contributed by atoms with Gasteiger partial charge in [-0.2, -0.15) is 11.8 Å². The minimum Gasteiger partial charge on any atom is -0.450 e. The van der Waals surface area contributed by atoms with Crippen LogP contribution in [0.25, 0.3) is 0 Å². The molecule has 0 aromatic rings. The zero-order valence-electron chi connectivity index (χ0n) is 14.1. The van der Waals surface area contributed by atoms with Crippen LogP contribution < -0.4 is 0 Å². The molecule has 0 spiro atoms. The predicted molar refractivity (Wildman–Crippen MR) is 91.5 cm³/mol. The molecular formula is C15H25NO6S2. The highest BCUT2D eigenvalue weighted by Crippen LogP contribution is 2.28. The largest absolute Gasteiger partial charge is 0.450 e. The van der Waals surface area contributed by atoms with Crippen LogP contribution in [0.2, 0.25) is 0 Å². The van der Waals surface area contributed by atoms with Crippen LogP contribution in [0.3, 0.4) is 0 Å². The summed E-state index contributed by atoms with van der Waals surface area (Å²) in [4.78, 5) is 26.2. The first-order valence-corrected chi connectivity index (χ1v) is 11.2. The van der Waals surface area contributed by atoms with E-state index in [4.69, 9.17) is 4.74 Å². The number of nitrogens with zero attached hydrogens (tertiary/aromatic N) is 1. The molecule has 2 atom stereocenters. The van der Waals surface area contributed by atoms with Crippen molar-refractivity contribution in [2.45, 2.75) is 50.9 Å². The fourth-order valence-corrected chi connectivity index (χ4v) is 5.98. The van der Waals surface area contributed by atoms with Gasteiger partial charge in [0.05, 0.1) is 11.5 Å². The molecule has 2 fully saturated rings. The second-order valence-corrected chi connectivity index (χ2v) is 9.83. The molecule has 138 valence electrons. The molecule has 9 heteroatoms. The zero-order valence-corrected chi connectivity index (χ0v) is 15.7. The lowest BCUT2D eigenvalue weighted by Gasteiger charge is -2.32. The van der Waals surface area contributed by atoms with E-state index in [1.165, 1.54) is 11.8 Å². The van der Waals surface area contributed by atoms with Gasteiger partial charge in [-0.1, -0.05) is 0 Å². The minimum atomic E-state index is -3.10. The van der Waals surface area contributed by atoms with Crippen LogP contribution in [0.1, 0.15) is 33.1 Å². The lowest BCUT2D eigenvalue weighted by molar-refractivity contribution is -0.176. The molecule has 2 saturated heterocycles. The molecule has 0 bridgehead atoms. The lowest BCUT2D eigenvalue weighted by Crippen LogP contribution is -2.49. The Labute approximate surface area is 147 Å². The van der Waals surface area contributed by atoms with Crippen LogP contribution in [0.15, 0.2) is 0 Å². The third-order valence-corrected chi connectivity index (χ3v) is 7.34. The highest BCUT2D eigenvalue weighted by atomic mass is 32.2. The van der Waals surface area contributed by atoms with E-state index in [-0.39, 0.29) is 17.5 Å². The van der Waals surface area contributed by atoms with Crippen molar-refractivity contribution in [1.29, 1.82) is 0 Å². The molecular weight excluding hydrogens is 354 g/mol. The van der Waals surface area contributed by atoms with Gasteiger partial charge in [0, 0.05) is 12.6 Å². The Morgan fingerprint density at radius 1 is 1.38 bits per heavy atom. The van der Waals surface area contributed by atoms with Crippen LogP contribution in [-0.2, 0) is 24.2 Å². The fraction of sp³-hybridized carbons (Fsp3) is 0.867. The van der Waals surface area contributed by atoms with Gasteiger partial charge in [0.2, 0.25) is 0 Å². The predicted octanol–water partition coefficient (Wildman–Crippen LogP) is 0.212. The van der Waals surface area contributed by atoms with Gasteiger partial charge in [-0.05, 0) is 44.6 Å². The Balaban J connectivity index is 1.98. The molecule has 2 heterocycles. The molecule has 2 aliphatic rings. The maximum Gasteiger partial charge on any atom is 0.338 e. The molecule has 0 aliphatic carbocycles. The van der Waals surface area contributed by atoms with Crippen molar-refractivity contribution in [2.75, 3.05) is 29.6 Å². The molecule has 0 aromatic heterocycles. The van der Waals surface area contributed by atoms with Crippen molar-refractivity contribution in [3.8, 4) is 0 Å². The number of carbonyl (C=O) groups excluding carboxylic acids is 2. The number of hydrogen-bond acceptors (Lipinski definition) is 7. The van der Waals surface area contributed by atoms with Gasteiger partial charge in [0.1, 0.15) is 0 Å². The topological polar surface area (TPSA) is 101 Å². The van der Waals surface area contributed by atoms with E-state index in [1.807, 2.05) is 0 Å². The van der Waals surface area contributed by atoms with E-state index < -0.39 is 33.4 Å². The van der Waals surface area contributed by atoms with Crippen molar-refractivity contribution in [3.63, 3.8) is 0 Å². The van der Waals surface area contributed by atoms with Crippen LogP contribution in [-0.4, -0.2) is 77.6 Å². The van der Waals surface area contributed by atoms with E-state index in [0.717, 1.165) is 0 Å². The van der Waals surface area contributed by atoms with Gasteiger partial charge < -0.3 is 14.7 Å². The molecule has 1 N–H and O–H groups in total. The third-order valence-electron chi connectivity index (χ3n) is 4.60. The first-order chi connectivity index (χ1) is 11.2. The Hall–Kier alpha value is -0.800. The normalized spacial score (nSPS) is 26.5. The summed E-state index contributed by atoms with van der Waals surface area (Å²) in [7, 11) is -3.10. The van der Waals surface area contributed by atoms with Gasteiger partial charge in [-0.15, -0.1) is 0 Å². The van der Waals surface area contributed by atoms with E-state index >= 15 is 0 Å². The van der Waals surface area contributed by atoms with Crippen LogP contribution >= 0.6 is 11.8 Å². The van der Waals surface area contributed by atoms with Crippen molar-refractivity contribution >= 4 is 33.5 Å². The second kappa shape index (κ2) is 7.61. The lowest BCUT2D eigenvalue weighted by atomic mass is 9.97. The number of amides is 1. The minimum absolute atomic E-state index is 0.0472. The van der Waals surface area contributed by atoms with Crippen molar-refractivity contribution in [1.82, 2.24) is 4.90 Å². The maximum atomic E-state index is 12.6. The Morgan fingerprint density at radius 2 is 2.00 bits per heavy atom. The average Bonchev–Trinajstić information content (AvgIpc) is 2.88. The van der Waals surface area contributed by atoms with E-state index in [2.05, 4.69) is 0 Å². The first kappa shape index (κ1) is 19.5. The number of sulfone groups is 1. The summed E-state index contributed by atoms with van der Waals surface area (Å²) in [5.41, 5.74) is -1.52. The molecule has 0 radical (unpaired) electrons. The van der Waals surface area contributed by atoms with Crippen molar-refractivity contribution < 1.29 is 27.9 Å². The van der Waals surface area contributed by atoms with Gasteiger partial charge >= 0.3 is 5.97 Å². The van der Waals surface area contributed by atoms with Gasteiger partial charge in [0.15, 0.2) is 21.5 Å². The van der Waals surface area contributed by atoms with Gasteiger partial charge in [0.25, 0.3) is 5.91 Å². The number of rotatable bonds is 5. The van der Waals surface area contributed by atoms with Crippen molar-refractivity contribution in [2.24, 2.45) is 0 Å². The molecule has 2 aliphatic heterocycles. The van der Waals surface area contributed by atoms with E-state index in [1.54, 1.807) is 18.7 Å². The summed E-state index contributed by atoms with van der Waals surface area (Å²) < 4.78 is 28.5. The molecule has 0 unspecified atom stereocenters. The number of carbonyl (C=O) groups is 2. The monoisotopic (exact) mass is 379 g/mol. The number of likely N-dealkylation sites (N-methyl/N-ethyl adjacent to an activating group) is 1. The standard InChI is InChI=1S/C15H25NO6S2/c1-3-16(12-4-9-24(20,21)10-12)13(17)11(2)22-14(18)15(19)5-7-23-8-6-15/h11-12,19H,3-10H2,1-2H3/t11-,12+/m1/s1. The molecule has 1 amide bonds. The number of hydrogen-bond donors (Lipinski definition) is 1. The highest BCUT2D eigenvalue weighted by Gasteiger charge is 2.42. The van der Waals surface area contributed by atoms with Crippen LogP contribution in [0, 0.1) is 0 Å². The Morgan fingerprint density at radius 3 is 2.50 bits per heavy atom. The number of aliphatic hydroxyl groups is 1. The quantitative estimate of drug-likeness (QED) is 0.682. The number of esters is 1.